The van der Waals surface area contributed by atoms with Crippen LogP contribution in [0, 0.1) is 0 Å². The molecule has 0 saturated heterocycles. The zero-order valence-electron chi connectivity index (χ0n) is 29.9. The SMILES string of the molecule is c1ccc(C2=NC(c3ccc(-c4c(-c5cccc6ccccc56)ccc5oc6cc7ccccc7cc6c45)cc3)NC(c3cccc4ccccc34)N2)cc1. The van der Waals surface area contributed by atoms with E-state index in [1.165, 1.54) is 49.0 Å². The van der Waals surface area contributed by atoms with Gasteiger partial charge in [-0.15, -0.1) is 0 Å². The summed E-state index contributed by atoms with van der Waals surface area (Å²) >= 11 is 0. The van der Waals surface area contributed by atoms with E-state index >= 15 is 0 Å². The third kappa shape index (κ3) is 5.38. The molecule has 0 amide bonds. The highest BCUT2D eigenvalue weighted by Gasteiger charge is 2.27. The summed E-state index contributed by atoms with van der Waals surface area (Å²) in [6.45, 7) is 0. The summed E-state index contributed by atoms with van der Waals surface area (Å²) < 4.78 is 6.62. The number of benzene rings is 9. The lowest BCUT2D eigenvalue weighted by Gasteiger charge is -2.33. The van der Waals surface area contributed by atoms with Gasteiger partial charge in [-0.1, -0.05) is 164 Å². The van der Waals surface area contributed by atoms with Crippen LogP contribution in [0.3, 0.4) is 0 Å². The molecular weight excluding hydrogens is 671 g/mol. The van der Waals surface area contributed by atoms with Crippen molar-refractivity contribution >= 4 is 60.1 Å². The van der Waals surface area contributed by atoms with Gasteiger partial charge < -0.3 is 9.73 Å². The maximum Gasteiger partial charge on any atom is 0.136 e. The second-order valence-corrected chi connectivity index (χ2v) is 14.4. The van der Waals surface area contributed by atoms with E-state index in [0.29, 0.717) is 0 Å². The molecular formula is C51H35N3O. The van der Waals surface area contributed by atoms with Crippen molar-refractivity contribution in [2.75, 3.05) is 0 Å². The Bertz CT molecular complexity index is 3100. The summed E-state index contributed by atoms with van der Waals surface area (Å²) in [6, 6.07) is 67.0. The lowest BCUT2D eigenvalue weighted by atomic mass is 9.88. The van der Waals surface area contributed by atoms with Crippen LogP contribution in [0.5, 0.6) is 0 Å². The molecule has 0 saturated carbocycles. The topological polar surface area (TPSA) is 49.6 Å². The first kappa shape index (κ1) is 31.5. The number of nitrogens with zero attached hydrogens (tertiary/aromatic N) is 1. The van der Waals surface area contributed by atoms with Gasteiger partial charge in [-0.2, -0.15) is 0 Å². The van der Waals surface area contributed by atoms with E-state index in [2.05, 4.69) is 193 Å². The standard InChI is InChI=1S/C51H35N3O/c1-2-14-35(15-3-1)49-52-50(54-51(53-49)43-23-11-19-33-13-7-9-21-40(33)43)36-26-24-34(25-27-36)47-42(41-22-10-18-32-12-6-8-20-39(32)41)28-29-45-48(47)44-30-37-16-4-5-17-38(37)31-46(44)55-45/h1-31,50-51,54H,(H,52,53). The Labute approximate surface area is 318 Å². The van der Waals surface area contributed by atoms with Crippen molar-refractivity contribution in [2.24, 2.45) is 4.99 Å². The zero-order chi connectivity index (χ0) is 36.3. The molecule has 1 aliphatic rings. The summed E-state index contributed by atoms with van der Waals surface area (Å²) in [7, 11) is 0. The minimum atomic E-state index is -0.274. The lowest BCUT2D eigenvalue weighted by Crippen LogP contribution is -2.45. The van der Waals surface area contributed by atoms with Gasteiger partial charge in [0.25, 0.3) is 0 Å². The molecule has 10 aromatic rings. The number of nitrogens with one attached hydrogen (secondary N) is 2. The van der Waals surface area contributed by atoms with Gasteiger partial charge in [-0.25, -0.2) is 4.99 Å². The number of furan rings is 1. The molecule has 1 aromatic heterocycles. The van der Waals surface area contributed by atoms with E-state index in [4.69, 9.17) is 9.41 Å². The first-order chi connectivity index (χ1) is 27.2. The van der Waals surface area contributed by atoms with Crippen molar-refractivity contribution in [3.63, 3.8) is 0 Å². The molecule has 1 aliphatic heterocycles. The molecule has 0 aliphatic carbocycles. The monoisotopic (exact) mass is 705 g/mol. The maximum absolute atomic E-state index is 6.62. The highest BCUT2D eigenvalue weighted by atomic mass is 16.3. The van der Waals surface area contributed by atoms with Crippen LogP contribution in [0.25, 0.3) is 76.5 Å². The van der Waals surface area contributed by atoms with Gasteiger partial charge in [0.2, 0.25) is 0 Å². The fraction of sp³-hybridized carbons (Fsp3) is 0.0392. The van der Waals surface area contributed by atoms with E-state index in [-0.39, 0.29) is 12.3 Å². The molecule has 9 aromatic carbocycles. The number of fused-ring (bicyclic) bond motifs is 6. The Morgan fingerprint density at radius 1 is 0.455 bits per heavy atom. The van der Waals surface area contributed by atoms with E-state index in [1.54, 1.807) is 0 Å². The van der Waals surface area contributed by atoms with Gasteiger partial charge in [0.05, 0.1) is 0 Å². The first-order valence-electron chi connectivity index (χ1n) is 18.9. The van der Waals surface area contributed by atoms with Crippen LogP contribution in [0.15, 0.2) is 197 Å². The van der Waals surface area contributed by atoms with Crippen LogP contribution < -0.4 is 10.6 Å². The van der Waals surface area contributed by atoms with Crippen molar-refractivity contribution < 1.29 is 4.42 Å². The van der Waals surface area contributed by atoms with Crippen molar-refractivity contribution in [1.82, 2.24) is 10.6 Å². The van der Waals surface area contributed by atoms with Gasteiger partial charge >= 0.3 is 0 Å². The van der Waals surface area contributed by atoms with Gasteiger partial charge in [0.1, 0.15) is 29.3 Å². The van der Waals surface area contributed by atoms with Crippen LogP contribution in [0.4, 0.5) is 0 Å². The van der Waals surface area contributed by atoms with E-state index in [9.17, 15) is 0 Å². The van der Waals surface area contributed by atoms with Crippen LogP contribution in [-0.2, 0) is 0 Å². The second kappa shape index (κ2) is 12.8. The lowest BCUT2D eigenvalue weighted by molar-refractivity contribution is 0.411. The van der Waals surface area contributed by atoms with Crippen molar-refractivity contribution in [3.8, 4) is 22.3 Å². The highest BCUT2D eigenvalue weighted by Crippen LogP contribution is 2.45. The predicted octanol–water partition coefficient (Wildman–Crippen LogP) is 12.7. The molecule has 0 spiro atoms. The molecule has 2 unspecified atom stereocenters. The van der Waals surface area contributed by atoms with Crippen molar-refractivity contribution in [1.29, 1.82) is 0 Å². The third-order valence-corrected chi connectivity index (χ3v) is 11.1. The van der Waals surface area contributed by atoms with E-state index < -0.39 is 0 Å². The second-order valence-electron chi connectivity index (χ2n) is 14.4. The van der Waals surface area contributed by atoms with Crippen LogP contribution >= 0.6 is 0 Å². The fourth-order valence-electron chi connectivity index (χ4n) is 8.50. The Hall–Kier alpha value is -7.01. The number of rotatable bonds is 5. The Morgan fingerprint density at radius 2 is 1.11 bits per heavy atom. The van der Waals surface area contributed by atoms with Crippen molar-refractivity contribution in [3.05, 3.63) is 205 Å². The largest absolute Gasteiger partial charge is 0.456 e. The molecule has 4 heteroatoms. The summed E-state index contributed by atoms with van der Waals surface area (Å²) in [5.74, 6) is 0.867. The first-order valence-corrected chi connectivity index (χ1v) is 18.9. The fourth-order valence-corrected chi connectivity index (χ4v) is 8.50. The smallest absolute Gasteiger partial charge is 0.136 e. The molecule has 0 bridgehead atoms. The van der Waals surface area contributed by atoms with Gasteiger partial charge in [0.15, 0.2) is 0 Å². The number of hydrogen-bond acceptors (Lipinski definition) is 4. The summed E-state index contributed by atoms with van der Waals surface area (Å²) in [5.41, 5.74) is 9.76. The average Bonchev–Trinajstić information content (AvgIpc) is 3.62. The van der Waals surface area contributed by atoms with E-state index in [1.807, 2.05) is 6.07 Å². The Morgan fingerprint density at radius 3 is 1.91 bits per heavy atom. The van der Waals surface area contributed by atoms with Crippen LogP contribution in [0.2, 0.25) is 0 Å². The van der Waals surface area contributed by atoms with Gasteiger partial charge in [-0.3, -0.25) is 5.32 Å². The van der Waals surface area contributed by atoms with Gasteiger partial charge in [-0.05, 0) is 84.4 Å². The number of hydrogen-bond donors (Lipinski definition) is 2. The summed E-state index contributed by atoms with van der Waals surface area (Å²) in [6.07, 6.45) is -0.425. The zero-order valence-corrected chi connectivity index (χ0v) is 29.9. The average molecular weight is 706 g/mol. The molecule has 4 nitrogen and oxygen atoms in total. The predicted molar refractivity (Wildman–Crippen MR) is 228 cm³/mol. The minimum absolute atomic E-state index is 0.151. The van der Waals surface area contributed by atoms with Crippen LogP contribution in [0.1, 0.15) is 29.0 Å². The molecule has 0 radical (unpaired) electrons. The molecule has 55 heavy (non-hydrogen) atoms. The molecule has 2 N–H and O–H groups in total. The molecule has 2 heterocycles. The van der Waals surface area contributed by atoms with Gasteiger partial charge in [0, 0.05) is 21.9 Å². The Kier molecular flexibility index (Phi) is 7.35. The molecule has 260 valence electrons. The quantitative estimate of drug-likeness (QED) is 0.187. The number of aliphatic imine (C=N–C) groups is 1. The molecule has 0 fully saturated rings. The number of amidine groups is 1. The normalized spacial score (nSPS) is 15.8. The molecule has 11 rings (SSSR count). The highest BCUT2D eigenvalue weighted by molar-refractivity contribution is 6.19. The third-order valence-electron chi connectivity index (χ3n) is 11.1. The molecule has 2 atom stereocenters. The van der Waals surface area contributed by atoms with Crippen LogP contribution in [-0.4, -0.2) is 5.84 Å². The summed E-state index contributed by atoms with van der Waals surface area (Å²) in [5, 5.41) is 17.0. The minimum Gasteiger partial charge on any atom is -0.456 e. The Balaban J connectivity index is 1.08. The maximum atomic E-state index is 6.62. The van der Waals surface area contributed by atoms with Crippen molar-refractivity contribution in [2.45, 2.75) is 12.3 Å². The summed E-state index contributed by atoms with van der Waals surface area (Å²) in [4.78, 5) is 5.27. The van der Waals surface area contributed by atoms with E-state index in [0.717, 1.165) is 50.0 Å².